The van der Waals surface area contributed by atoms with Crippen molar-refractivity contribution in [1.29, 1.82) is 0 Å². The van der Waals surface area contributed by atoms with Crippen molar-refractivity contribution in [2.45, 2.75) is 45.1 Å². The second-order valence-corrected chi connectivity index (χ2v) is 5.36. The maximum Gasteiger partial charge on any atom is 0.0354 e. The van der Waals surface area contributed by atoms with Gasteiger partial charge in [0.1, 0.15) is 0 Å². The zero-order valence-corrected chi connectivity index (χ0v) is 10.3. The standard InChI is InChI=1S/C15H21N/c1-3-9-16-15-10(2)12-8-7-11-5-4-6-13(15)14(11)12/h4-6,10,12,15-16H,3,7-9H2,1-2H3. The molecule has 3 atom stereocenters. The molecule has 1 aromatic rings. The quantitative estimate of drug-likeness (QED) is 0.814. The minimum Gasteiger partial charge on any atom is -0.310 e. The molecule has 2 aliphatic rings. The molecule has 0 fully saturated rings. The Morgan fingerprint density at radius 3 is 3.06 bits per heavy atom. The van der Waals surface area contributed by atoms with Crippen LogP contribution in [-0.2, 0) is 6.42 Å². The highest BCUT2D eigenvalue weighted by atomic mass is 14.9. The van der Waals surface area contributed by atoms with Crippen LogP contribution in [0.1, 0.15) is 55.3 Å². The Labute approximate surface area is 98.3 Å². The zero-order chi connectivity index (χ0) is 11.1. The fraction of sp³-hybridized carbons (Fsp3) is 0.600. The molecule has 1 heteroatoms. The lowest BCUT2D eigenvalue weighted by atomic mass is 9.92. The van der Waals surface area contributed by atoms with Gasteiger partial charge in [0.05, 0.1) is 0 Å². The average molecular weight is 215 g/mol. The fourth-order valence-corrected chi connectivity index (χ4v) is 3.67. The first-order valence-corrected chi connectivity index (χ1v) is 6.68. The van der Waals surface area contributed by atoms with Gasteiger partial charge in [0.25, 0.3) is 0 Å². The minimum absolute atomic E-state index is 0.611. The van der Waals surface area contributed by atoms with E-state index in [2.05, 4.69) is 37.4 Å². The normalized spacial score (nSPS) is 30.8. The first-order valence-electron chi connectivity index (χ1n) is 6.68. The lowest BCUT2D eigenvalue weighted by Gasteiger charge is -2.21. The molecule has 2 aliphatic carbocycles. The number of nitrogens with one attached hydrogen (secondary N) is 1. The Hall–Kier alpha value is -0.820. The first-order chi connectivity index (χ1) is 7.83. The number of hydrogen-bond donors (Lipinski definition) is 1. The molecule has 0 radical (unpaired) electrons. The minimum atomic E-state index is 0.611. The average Bonchev–Trinajstić information content (AvgIpc) is 2.83. The molecule has 1 aromatic carbocycles. The van der Waals surface area contributed by atoms with Crippen molar-refractivity contribution in [3.8, 4) is 0 Å². The SMILES string of the molecule is CCCNC1c2cccc3c2C(CC3)C1C. The van der Waals surface area contributed by atoms with Gasteiger partial charge < -0.3 is 5.32 Å². The third-order valence-corrected chi connectivity index (χ3v) is 4.44. The van der Waals surface area contributed by atoms with E-state index in [0.717, 1.165) is 18.4 Å². The highest BCUT2D eigenvalue weighted by Crippen LogP contribution is 2.52. The number of aryl methyl sites for hydroxylation is 1. The molecule has 1 nitrogen and oxygen atoms in total. The smallest absolute Gasteiger partial charge is 0.0354 e. The van der Waals surface area contributed by atoms with Gasteiger partial charge in [-0.1, -0.05) is 32.0 Å². The van der Waals surface area contributed by atoms with Crippen LogP contribution in [0.25, 0.3) is 0 Å². The van der Waals surface area contributed by atoms with Crippen LogP contribution in [0.3, 0.4) is 0 Å². The maximum atomic E-state index is 3.73. The second kappa shape index (κ2) is 3.89. The monoisotopic (exact) mass is 215 g/mol. The van der Waals surface area contributed by atoms with Crippen molar-refractivity contribution in [3.05, 3.63) is 34.9 Å². The van der Waals surface area contributed by atoms with E-state index < -0.39 is 0 Å². The predicted octanol–water partition coefficient (Wildman–Crippen LogP) is 3.41. The summed E-state index contributed by atoms with van der Waals surface area (Å²) in [6.07, 6.45) is 3.90. The van der Waals surface area contributed by atoms with Crippen molar-refractivity contribution < 1.29 is 0 Å². The summed E-state index contributed by atoms with van der Waals surface area (Å²) in [7, 11) is 0. The Morgan fingerprint density at radius 2 is 2.25 bits per heavy atom. The summed E-state index contributed by atoms with van der Waals surface area (Å²) in [5.74, 6) is 1.62. The molecule has 86 valence electrons. The van der Waals surface area contributed by atoms with Gasteiger partial charge in [0, 0.05) is 6.04 Å². The summed E-state index contributed by atoms with van der Waals surface area (Å²) in [6, 6.07) is 7.52. The summed E-state index contributed by atoms with van der Waals surface area (Å²) in [5.41, 5.74) is 4.92. The highest BCUT2D eigenvalue weighted by molar-refractivity contribution is 5.48. The molecule has 0 aliphatic heterocycles. The topological polar surface area (TPSA) is 12.0 Å². The van der Waals surface area contributed by atoms with Crippen molar-refractivity contribution >= 4 is 0 Å². The highest BCUT2D eigenvalue weighted by Gasteiger charge is 2.41. The number of hydrogen-bond acceptors (Lipinski definition) is 1. The van der Waals surface area contributed by atoms with Crippen molar-refractivity contribution in [2.24, 2.45) is 5.92 Å². The third-order valence-electron chi connectivity index (χ3n) is 4.44. The van der Waals surface area contributed by atoms with E-state index in [1.165, 1.54) is 19.3 Å². The van der Waals surface area contributed by atoms with E-state index in [9.17, 15) is 0 Å². The van der Waals surface area contributed by atoms with Crippen LogP contribution in [0.2, 0.25) is 0 Å². The molecule has 3 rings (SSSR count). The van der Waals surface area contributed by atoms with Crippen molar-refractivity contribution in [2.75, 3.05) is 6.54 Å². The molecule has 16 heavy (non-hydrogen) atoms. The van der Waals surface area contributed by atoms with Crippen molar-refractivity contribution in [1.82, 2.24) is 5.32 Å². The van der Waals surface area contributed by atoms with Gasteiger partial charge in [0.15, 0.2) is 0 Å². The Balaban J connectivity index is 1.97. The van der Waals surface area contributed by atoms with Gasteiger partial charge in [-0.25, -0.2) is 0 Å². The molecule has 0 spiro atoms. The van der Waals surface area contributed by atoms with Gasteiger partial charge in [-0.2, -0.15) is 0 Å². The van der Waals surface area contributed by atoms with Gasteiger partial charge in [-0.05, 0) is 54.3 Å². The lowest BCUT2D eigenvalue weighted by molar-refractivity contribution is 0.363. The largest absolute Gasteiger partial charge is 0.310 e. The summed E-state index contributed by atoms with van der Waals surface area (Å²) in [5, 5.41) is 3.73. The first kappa shape index (κ1) is 10.3. The molecular weight excluding hydrogens is 194 g/mol. The Morgan fingerprint density at radius 1 is 1.38 bits per heavy atom. The molecule has 0 bridgehead atoms. The molecular formula is C15H21N. The molecule has 0 aromatic heterocycles. The van der Waals surface area contributed by atoms with Crippen LogP contribution < -0.4 is 5.32 Å². The lowest BCUT2D eigenvalue weighted by Crippen LogP contribution is -2.25. The van der Waals surface area contributed by atoms with Gasteiger partial charge in [-0.3, -0.25) is 0 Å². The van der Waals surface area contributed by atoms with Gasteiger partial charge in [0.2, 0.25) is 0 Å². The summed E-state index contributed by atoms with van der Waals surface area (Å²) >= 11 is 0. The molecule has 1 N–H and O–H groups in total. The van der Waals surface area contributed by atoms with Crippen molar-refractivity contribution in [3.63, 3.8) is 0 Å². The van der Waals surface area contributed by atoms with E-state index in [4.69, 9.17) is 0 Å². The summed E-state index contributed by atoms with van der Waals surface area (Å²) in [6.45, 7) is 5.81. The van der Waals surface area contributed by atoms with E-state index in [1.807, 2.05) is 0 Å². The summed E-state index contributed by atoms with van der Waals surface area (Å²) in [4.78, 5) is 0. The second-order valence-electron chi connectivity index (χ2n) is 5.36. The number of rotatable bonds is 3. The molecule has 0 amide bonds. The van der Waals surface area contributed by atoms with E-state index >= 15 is 0 Å². The summed E-state index contributed by atoms with van der Waals surface area (Å²) < 4.78 is 0. The van der Waals surface area contributed by atoms with E-state index in [-0.39, 0.29) is 0 Å². The zero-order valence-electron chi connectivity index (χ0n) is 10.3. The van der Waals surface area contributed by atoms with Crippen LogP contribution >= 0.6 is 0 Å². The van der Waals surface area contributed by atoms with Crippen LogP contribution in [0.4, 0.5) is 0 Å². The van der Waals surface area contributed by atoms with Crippen LogP contribution in [0.5, 0.6) is 0 Å². The maximum absolute atomic E-state index is 3.73. The van der Waals surface area contributed by atoms with Gasteiger partial charge in [-0.15, -0.1) is 0 Å². The fourth-order valence-electron chi connectivity index (χ4n) is 3.67. The van der Waals surface area contributed by atoms with Crippen LogP contribution in [0, 0.1) is 5.92 Å². The molecule has 0 saturated heterocycles. The van der Waals surface area contributed by atoms with Crippen LogP contribution in [-0.4, -0.2) is 6.54 Å². The van der Waals surface area contributed by atoms with Gasteiger partial charge >= 0.3 is 0 Å². The Bertz CT molecular complexity index is 396. The molecule has 0 heterocycles. The predicted molar refractivity (Wildman–Crippen MR) is 67.7 cm³/mol. The third kappa shape index (κ3) is 1.34. The number of benzene rings is 1. The van der Waals surface area contributed by atoms with E-state index in [1.54, 1.807) is 16.7 Å². The van der Waals surface area contributed by atoms with Crippen LogP contribution in [0.15, 0.2) is 18.2 Å². The molecule has 0 saturated carbocycles. The Kier molecular flexibility index (Phi) is 2.51. The van der Waals surface area contributed by atoms with E-state index in [0.29, 0.717) is 6.04 Å². The molecule has 3 unspecified atom stereocenters.